The second-order valence-corrected chi connectivity index (χ2v) is 9.82. The smallest absolute Gasteiger partial charge is 0.414 e. The monoisotopic (exact) mass is 484 g/mol. The maximum Gasteiger partial charge on any atom is 0.414 e. The van der Waals surface area contributed by atoms with Crippen molar-refractivity contribution < 1.29 is 19.1 Å². The van der Waals surface area contributed by atoms with E-state index in [2.05, 4.69) is 21.0 Å². The van der Waals surface area contributed by atoms with E-state index in [0.717, 1.165) is 44.6 Å². The number of hydrazine groups is 1. The number of methoxy groups -OCH3 is 1. The van der Waals surface area contributed by atoms with Gasteiger partial charge in [0.2, 0.25) is 0 Å². The van der Waals surface area contributed by atoms with Crippen molar-refractivity contribution >= 4 is 23.6 Å². The van der Waals surface area contributed by atoms with E-state index >= 15 is 0 Å². The molecule has 0 aromatic heterocycles. The summed E-state index contributed by atoms with van der Waals surface area (Å²) in [7, 11) is 5.44. The molecule has 190 valence electrons. The molecule has 2 fully saturated rings. The molecule has 0 spiro atoms. The average Bonchev–Trinajstić information content (AvgIpc) is 3.21. The van der Waals surface area contributed by atoms with Gasteiger partial charge in [0.05, 0.1) is 37.1 Å². The number of hydrogen-bond donors (Lipinski definition) is 0. The zero-order chi connectivity index (χ0) is 25.1. The maximum atomic E-state index is 13.4. The summed E-state index contributed by atoms with van der Waals surface area (Å²) in [6.07, 6.45) is 1.37. The minimum Gasteiger partial charge on any atom is -0.452 e. The molecule has 2 amide bonds. The fraction of sp³-hybridized carbons (Fsp3) is 0.640. The van der Waals surface area contributed by atoms with Crippen LogP contribution >= 0.6 is 0 Å². The Hall–Kier alpha value is -2.87. The van der Waals surface area contributed by atoms with Crippen molar-refractivity contribution in [2.45, 2.75) is 44.2 Å². The predicted molar refractivity (Wildman–Crippen MR) is 132 cm³/mol. The molecule has 0 aliphatic carbocycles. The van der Waals surface area contributed by atoms with Gasteiger partial charge < -0.3 is 14.4 Å². The van der Waals surface area contributed by atoms with Gasteiger partial charge >= 0.3 is 12.2 Å². The van der Waals surface area contributed by atoms with Gasteiger partial charge in [-0.05, 0) is 51.1 Å². The van der Waals surface area contributed by atoms with E-state index in [1.54, 1.807) is 9.80 Å². The topological polar surface area (TPSA) is 92.6 Å². The molecule has 3 atom stereocenters. The van der Waals surface area contributed by atoms with Crippen LogP contribution in [0.25, 0.3) is 0 Å². The zero-order valence-corrected chi connectivity index (χ0v) is 21.1. The van der Waals surface area contributed by atoms with Crippen LogP contribution in [0.5, 0.6) is 0 Å². The van der Waals surface area contributed by atoms with Crippen LogP contribution in [0.3, 0.4) is 0 Å². The van der Waals surface area contributed by atoms with E-state index in [0.29, 0.717) is 30.9 Å². The van der Waals surface area contributed by atoms with Crippen LogP contribution in [0.1, 0.15) is 37.7 Å². The third-order valence-corrected chi connectivity index (χ3v) is 7.23. The van der Waals surface area contributed by atoms with Crippen molar-refractivity contribution in [1.29, 1.82) is 5.26 Å². The third-order valence-electron chi connectivity index (χ3n) is 7.23. The van der Waals surface area contributed by atoms with E-state index in [4.69, 9.17) is 14.7 Å². The number of amides is 2. The molecule has 0 N–H and O–H groups in total. The minimum atomic E-state index is -0.447. The van der Waals surface area contributed by atoms with E-state index in [1.807, 2.05) is 39.2 Å². The maximum absolute atomic E-state index is 13.4. The lowest BCUT2D eigenvalue weighted by atomic mass is 9.97. The van der Waals surface area contributed by atoms with Crippen molar-refractivity contribution in [3.8, 4) is 6.07 Å². The van der Waals surface area contributed by atoms with Gasteiger partial charge in [-0.3, -0.25) is 9.80 Å². The standard InChI is InChI=1S/C25H36N6O4/c1-18-14-30(24(32)35-21-7-5-11-27(2)17-21)23-13-19(8-9-22(23)31(18)25(33)34-4)20-15-28(3)29(16-20)12-6-10-26/h8-9,13,18,20-21H,5-7,11-12,14-17H2,1-4H3/t18-,20?,21?/m0/s1. The molecular formula is C25H36N6O4. The van der Waals surface area contributed by atoms with Crippen molar-refractivity contribution in [1.82, 2.24) is 14.9 Å². The Bertz CT molecular complexity index is 981. The van der Waals surface area contributed by atoms with E-state index in [1.165, 1.54) is 7.11 Å². The number of piperidine rings is 1. The first kappa shape index (κ1) is 25.2. The summed E-state index contributed by atoms with van der Waals surface area (Å²) in [5, 5.41) is 13.3. The lowest BCUT2D eigenvalue weighted by Gasteiger charge is -2.41. The Labute approximate surface area is 207 Å². The zero-order valence-electron chi connectivity index (χ0n) is 21.1. The molecule has 0 bridgehead atoms. The van der Waals surface area contributed by atoms with Gasteiger partial charge in [-0.1, -0.05) is 6.07 Å². The lowest BCUT2D eigenvalue weighted by Crippen LogP contribution is -2.53. The van der Waals surface area contributed by atoms with Crippen molar-refractivity contribution in [2.24, 2.45) is 0 Å². The molecule has 3 aliphatic rings. The van der Waals surface area contributed by atoms with Crippen molar-refractivity contribution in [3.63, 3.8) is 0 Å². The minimum absolute atomic E-state index is 0.140. The molecule has 2 saturated heterocycles. The molecule has 10 nitrogen and oxygen atoms in total. The molecule has 35 heavy (non-hydrogen) atoms. The highest BCUT2D eigenvalue weighted by Crippen LogP contribution is 2.40. The Morgan fingerprint density at radius 1 is 1.11 bits per heavy atom. The van der Waals surface area contributed by atoms with Gasteiger partial charge in [0.15, 0.2) is 0 Å². The molecule has 1 aromatic rings. The van der Waals surface area contributed by atoms with Gasteiger partial charge in [-0.15, -0.1) is 0 Å². The average molecular weight is 485 g/mol. The van der Waals surface area contributed by atoms with Crippen molar-refractivity contribution in [2.75, 3.05) is 70.3 Å². The molecule has 0 radical (unpaired) electrons. The van der Waals surface area contributed by atoms with E-state index in [9.17, 15) is 9.59 Å². The van der Waals surface area contributed by atoms with Crippen LogP contribution in [-0.4, -0.2) is 99.7 Å². The molecule has 2 unspecified atom stereocenters. The number of likely N-dealkylation sites (tertiary alicyclic amines) is 1. The Morgan fingerprint density at radius 3 is 2.63 bits per heavy atom. The molecule has 0 saturated carbocycles. The van der Waals surface area contributed by atoms with Crippen LogP contribution in [0.15, 0.2) is 18.2 Å². The molecule has 4 rings (SSSR count). The van der Waals surface area contributed by atoms with Gasteiger partial charge in [0, 0.05) is 45.6 Å². The van der Waals surface area contributed by atoms with Crippen LogP contribution in [0.2, 0.25) is 0 Å². The second kappa shape index (κ2) is 10.8. The highest BCUT2D eigenvalue weighted by atomic mass is 16.6. The summed E-state index contributed by atoms with van der Waals surface area (Å²) in [6, 6.07) is 7.89. The number of nitrogens with zero attached hydrogens (tertiary/aromatic N) is 6. The largest absolute Gasteiger partial charge is 0.452 e. The number of likely N-dealkylation sites (N-methyl/N-ethyl adjacent to an activating group) is 2. The third kappa shape index (κ3) is 5.37. The number of rotatable bonds is 4. The number of carbonyl (C=O) groups is 2. The molecule has 3 aliphatic heterocycles. The summed E-state index contributed by atoms with van der Waals surface area (Å²) < 4.78 is 11.0. The first-order chi connectivity index (χ1) is 16.8. The van der Waals surface area contributed by atoms with Gasteiger partial charge in [-0.2, -0.15) is 5.26 Å². The second-order valence-electron chi connectivity index (χ2n) is 9.82. The van der Waals surface area contributed by atoms with Crippen LogP contribution in [0, 0.1) is 11.3 Å². The van der Waals surface area contributed by atoms with Crippen LogP contribution in [0.4, 0.5) is 21.0 Å². The Morgan fingerprint density at radius 2 is 1.91 bits per heavy atom. The normalized spacial score (nSPS) is 25.7. The number of fused-ring (bicyclic) bond motifs is 1. The number of anilines is 2. The fourth-order valence-corrected chi connectivity index (χ4v) is 5.40. The first-order valence-corrected chi connectivity index (χ1v) is 12.3. The van der Waals surface area contributed by atoms with E-state index < -0.39 is 6.09 Å². The van der Waals surface area contributed by atoms with Crippen molar-refractivity contribution in [3.05, 3.63) is 23.8 Å². The Balaban J connectivity index is 1.62. The number of nitriles is 1. The quantitative estimate of drug-likeness (QED) is 0.644. The van der Waals surface area contributed by atoms with Crippen LogP contribution < -0.4 is 9.80 Å². The number of hydrogen-bond acceptors (Lipinski definition) is 8. The van der Waals surface area contributed by atoms with Crippen LogP contribution in [-0.2, 0) is 9.47 Å². The van der Waals surface area contributed by atoms with Gasteiger partial charge in [0.25, 0.3) is 0 Å². The SMILES string of the molecule is COC(=O)N1c2ccc(C3CN(C)N(CCC#N)C3)cc2N(C(=O)OC2CCCN(C)C2)C[C@@H]1C. The number of ether oxygens (including phenoxy) is 2. The fourth-order valence-electron chi connectivity index (χ4n) is 5.40. The lowest BCUT2D eigenvalue weighted by molar-refractivity contribution is 0.0547. The first-order valence-electron chi connectivity index (χ1n) is 12.3. The summed E-state index contributed by atoms with van der Waals surface area (Å²) in [4.78, 5) is 31.5. The summed E-state index contributed by atoms with van der Waals surface area (Å²) in [6.45, 7) is 6.27. The number of carbonyl (C=O) groups excluding carboxylic acids is 2. The molecule has 1 aromatic carbocycles. The summed E-state index contributed by atoms with van der Waals surface area (Å²) >= 11 is 0. The molecular weight excluding hydrogens is 448 g/mol. The Kier molecular flexibility index (Phi) is 7.79. The predicted octanol–water partition coefficient (Wildman–Crippen LogP) is 2.86. The van der Waals surface area contributed by atoms with Gasteiger partial charge in [0.1, 0.15) is 6.10 Å². The van der Waals surface area contributed by atoms with Gasteiger partial charge in [-0.25, -0.2) is 19.6 Å². The highest BCUT2D eigenvalue weighted by molar-refractivity contribution is 6.01. The molecule has 10 heteroatoms. The molecule has 3 heterocycles. The number of benzene rings is 1. The summed E-state index contributed by atoms with van der Waals surface area (Å²) in [5.74, 6) is 0.222. The van der Waals surface area contributed by atoms with E-state index in [-0.39, 0.29) is 24.2 Å². The highest BCUT2D eigenvalue weighted by Gasteiger charge is 2.38. The summed E-state index contributed by atoms with van der Waals surface area (Å²) in [5.41, 5.74) is 2.40.